The molecule has 4 nitrogen and oxygen atoms in total. The average Bonchev–Trinajstić information content (AvgIpc) is 2.58. The van der Waals surface area contributed by atoms with Crippen molar-refractivity contribution in [2.45, 2.75) is 77.0 Å². The minimum Gasteiger partial charge on any atom is -0.461 e. The Bertz CT molecular complexity index is 316. The van der Waals surface area contributed by atoms with Crippen LogP contribution in [-0.2, 0) is 19.1 Å². The van der Waals surface area contributed by atoms with Crippen LogP contribution in [0.5, 0.6) is 0 Å². The predicted molar refractivity (Wildman–Crippen MR) is 97.7 cm³/mol. The van der Waals surface area contributed by atoms with Crippen LogP contribution in [0.4, 0.5) is 0 Å². The Morgan fingerprint density at radius 1 is 0.583 bits per heavy atom. The Balaban J connectivity index is 3.17. The minimum absolute atomic E-state index is 0.122. The zero-order chi connectivity index (χ0) is 17.9. The molecule has 0 amide bonds. The molecule has 24 heavy (non-hydrogen) atoms. The lowest BCUT2D eigenvalue weighted by molar-refractivity contribution is -0.143. The molecule has 0 aliphatic carbocycles. The molecule has 0 atom stereocenters. The van der Waals surface area contributed by atoms with Gasteiger partial charge in [0.2, 0.25) is 0 Å². The van der Waals surface area contributed by atoms with Gasteiger partial charge in [-0.25, -0.2) is 0 Å². The Morgan fingerprint density at radius 2 is 0.875 bits per heavy atom. The van der Waals surface area contributed by atoms with Crippen molar-refractivity contribution in [1.82, 2.24) is 0 Å². The van der Waals surface area contributed by atoms with Crippen molar-refractivity contribution in [3.8, 4) is 0 Å². The van der Waals surface area contributed by atoms with Gasteiger partial charge in [0, 0.05) is 12.8 Å². The molecule has 0 aromatic carbocycles. The summed E-state index contributed by atoms with van der Waals surface area (Å²) in [5.41, 5.74) is 0. The van der Waals surface area contributed by atoms with Crippen molar-refractivity contribution < 1.29 is 19.1 Å². The molecule has 0 saturated heterocycles. The van der Waals surface area contributed by atoms with Crippen molar-refractivity contribution >= 4 is 11.9 Å². The number of carbonyl (C=O) groups is 2. The summed E-state index contributed by atoms with van der Waals surface area (Å²) in [6.07, 6.45) is 15.6. The first-order chi connectivity index (χ1) is 11.7. The number of hydrogen-bond acceptors (Lipinski definition) is 4. The summed E-state index contributed by atoms with van der Waals surface area (Å²) in [5, 5.41) is 0. The normalized spacial score (nSPS) is 10.2. The van der Waals surface area contributed by atoms with Gasteiger partial charge in [0.1, 0.15) is 13.2 Å². The molecule has 0 aromatic rings. The summed E-state index contributed by atoms with van der Waals surface area (Å²) in [4.78, 5) is 22.5. The third-order valence-electron chi connectivity index (χ3n) is 3.74. The number of hydrogen-bond donors (Lipinski definition) is 0. The van der Waals surface area contributed by atoms with E-state index < -0.39 is 0 Å². The van der Waals surface area contributed by atoms with Crippen LogP contribution in [0.15, 0.2) is 25.3 Å². The molecule has 0 aromatic heterocycles. The predicted octanol–water partition coefficient (Wildman–Crippen LogP) is 5.13. The zero-order valence-electron chi connectivity index (χ0n) is 15.1. The van der Waals surface area contributed by atoms with Gasteiger partial charge in [0.25, 0.3) is 0 Å². The van der Waals surface area contributed by atoms with Gasteiger partial charge in [-0.15, -0.1) is 0 Å². The first-order valence-electron chi connectivity index (χ1n) is 9.23. The summed E-state index contributed by atoms with van der Waals surface area (Å²) in [5.74, 6) is -0.244. The second kappa shape index (κ2) is 17.8. The topological polar surface area (TPSA) is 52.6 Å². The van der Waals surface area contributed by atoms with E-state index in [0.717, 1.165) is 25.7 Å². The van der Waals surface area contributed by atoms with Gasteiger partial charge in [-0.1, -0.05) is 76.7 Å². The summed E-state index contributed by atoms with van der Waals surface area (Å²) in [6.45, 7) is 7.65. The standard InChI is InChI=1S/C20H34O4/c1-3-17-23-19(21)15-13-11-9-7-5-6-8-10-12-14-16-20(22)24-18-4-2/h3-4H,1-2,5-18H2. The maximum absolute atomic E-state index is 11.3. The Kier molecular flexibility index (Phi) is 16.6. The Morgan fingerprint density at radius 3 is 1.17 bits per heavy atom. The van der Waals surface area contributed by atoms with Crippen LogP contribution in [0.25, 0.3) is 0 Å². The number of ether oxygens (including phenoxy) is 2. The average molecular weight is 338 g/mol. The minimum atomic E-state index is -0.122. The van der Waals surface area contributed by atoms with Crippen LogP contribution in [0, 0.1) is 0 Å². The van der Waals surface area contributed by atoms with Crippen molar-refractivity contribution in [1.29, 1.82) is 0 Å². The van der Waals surface area contributed by atoms with Crippen LogP contribution in [0.2, 0.25) is 0 Å². The van der Waals surface area contributed by atoms with Crippen molar-refractivity contribution in [3.05, 3.63) is 25.3 Å². The molecule has 0 heterocycles. The third-order valence-corrected chi connectivity index (χ3v) is 3.74. The van der Waals surface area contributed by atoms with Crippen molar-refractivity contribution in [2.24, 2.45) is 0 Å². The maximum Gasteiger partial charge on any atom is 0.306 e. The summed E-state index contributed by atoms with van der Waals surface area (Å²) in [7, 11) is 0. The van der Waals surface area contributed by atoms with Gasteiger partial charge in [0.05, 0.1) is 0 Å². The number of unbranched alkanes of at least 4 members (excludes halogenated alkanes) is 9. The summed E-state index contributed by atoms with van der Waals surface area (Å²) >= 11 is 0. The highest BCUT2D eigenvalue weighted by Gasteiger charge is 2.02. The van der Waals surface area contributed by atoms with Gasteiger partial charge < -0.3 is 9.47 Å². The maximum atomic E-state index is 11.3. The molecule has 0 radical (unpaired) electrons. The fraction of sp³-hybridized carbons (Fsp3) is 0.700. The van der Waals surface area contributed by atoms with Crippen LogP contribution in [0.1, 0.15) is 77.0 Å². The highest BCUT2D eigenvalue weighted by molar-refractivity contribution is 5.69. The molecule has 0 rings (SSSR count). The van der Waals surface area contributed by atoms with Gasteiger partial charge in [-0.2, -0.15) is 0 Å². The lowest BCUT2D eigenvalue weighted by atomic mass is 10.1. The van der Waals surface area contributed by atoms with Crippen LogP contribution < -0.4 is 0 Å². The third kappa shape index (κ3) is 16.8. The quantitative estimate of drug-likeness (QED) is 0.210. The highest BCUT2D eigenvalue weighted by Crippen LogP contribution is 2.12. The fourth-order valence-electron chi connectivity index (χ4n) is 2.40. The van der Waals surface area contributed by atoms with Crippen molar-refractivity contribution in [2.75, 3.05) is 13.2 Å². The second-order valence-electron chi connectivity index (χ2n) is 5.98. The van der Waals surface area contributed by atoms with E-state index in [0.29, 0.717) is 26.1 Å². The molecule has 0 aliphatic heterocycles. The molecule has 0 spiro atoms. The van der Waals surface area contributed by atoms with E-state index in [1.54, 1.807) is 12.2 Å². The van der Waals surface area contributed by atoms with E-state index >= 15 is 0 Å². The zero-order valence-corrected chi connectivity index (χ0v) is 15.1. The van der Waals surface area contributed by atoms with Crippen molar-refractivity contribution in [3.63, 3.8) is 0 Å². The monoisotopic (exact) mass is 338 g/mol. The first kappa shape index (κ1) is 22.4. The van der Waals surface area contributed by atoms with E-state index in [2.05, 4.69) is 13.2 Å². The van der Waals surface area contributed by atoms with E-state index in [-0.39, 0.29) is 11.9 Å². The van der Waals surface area contributed by atoms with E-state index in [1.807, 2.05) is 0 Å². The number of carbonyl (C=O) groups excluding carboxylic acids is 2. The van der Waals surface area contributed by atoms with Gasteiger partial charge >= 0.3 is 11.9 Å². The lowest BCUT2D eigenvalue weighted by Crippen LogP contribution is -2.03. The molecule has 0 saturated carbocycles. The fourth-order valence-corrected chi connectivity index (χ4v) is 2.40. The SMILES string of the molecule is C=CCOC(=O)CCCCCCCCCCCCC(=O)OCC=C. The number of rotatable bonds is 17. The smallest absolute Gasteiger partial charge is 0.306 e. The van der Waals surface area contributed by atoms with E-state index in [9.17, 15) is 9.59 Å². The molecular weight excluding hydrogens is 304 g/mol. The molecule has 0 N–H and O–H groups in total. The lowest BCUT2D eigenvalue weighted by Gasteiger charge is -2.04. The summed E-state index contributed by atoms with van der Waals surface area (Å²) in [6, 6.07) is 0. The molecule has 0 unspecified atom stereocenters. The van der Waals surface area contributed by atoms with E-state index in [4.69, 9.17) is 9.47 Å². The van der Waals surface area contributed by atoms with Crippen LogP contribution in [-0.4, -0.2) is 25.2 Å². The molecule has 4 heteroatoms. The Hall–Kier alpha value is -1.58. The van der Waals surface area contributed by atoms with E-state index in [1.165, 1.54) is 38.5 Å². The summed E-state index contributed by atoms with van der Waals surface area (Å²) < 4.78 is 9.85. The second-order valence-corrected chi connectivity index (χ2v) is 5.98. The largest absolute Gasteiger partial charge is 0.461 e. The van der Waals surface area contributed by atoms with Crippen LogP contribution >= 0.6 is 0 Å². The molecule has 0 fully saturated rings. The highest BCUT2D eigenvalue weighted by atomic mass is 16.5. The van der Waals surface area contributed by atoms with Crippen LogP contribution in [0.3, 0.4) is 0 Å². The van der Waals surface area contributed by atoms with Gasteiger partial charge in [0.15, 0.2) is 0 Å². The molecule has 0 aliphatic rings. The Labute approximate surface area is 147 Å². The molecule has 0 bridgehead atoms. The van der Waals surface area contributed by atoms with Gasteiger partial charge in [-0.3, -0.25) is 9.59 Å². The number of esters is 2. The molecular formula is C20H34O4. The molecule has 138 valence electrons. The first-order valence-corrected chi connectivity index (χ1v) is 9.23. The van der Waals surface area contributed by atoms with Gasteiger partial charge in [-0.05, 0) is 12.8 Å².